The van der Waals surface area contributed by atoms with Crippen LogP contribution in [0.5, 0.6) is 0 Å². The van der Waals surface area contributed by atoms with Gasteiger partial charge in [0.05, 0.1) is 0 Å². The summed E-state index contributed by atoms with van der Waals surface area (Å²) in [6.07, 6.45) is 0. The summed E-state index contributed by atoms with van der Waals surface area (Å²) in [5, 5.41) is 0. The Kier molecular flexibility index (Phi) is 2.25. The van der Waals surface area contributed by atoms with E-state index in [0.717, 1.165) is 0 Å². The fourth-order valence-electron chi connectivity index (χ4n) is 0. The average molecular weight is 278 g/mol. The van der Waals surface area contributed by atoms with Crippen molar-refractivity contribution in [1.29, 1.82) is 0 Å². The van der Waals surface area contributed by atoms with Gasteiger partial charge in [0.2, 0.25) is 0 Å². The van der Waals surface area contributed by atoms with Gasteiger partial charge in [-0.3, -0.25) is 0 Å². The summed E-state index contributed by atoms with van der Waals surface area (Å²) >= 11 is -11.2. The molecule has 0 nitrogen and oxygen atoms in total. The second-order valence-electron chi connectivity index (χ2n) is 1.07. The molecule has 0 aliphatic heterocycles. The average Bonchev–Trinajstić information content (AvgIpc) is 0.592. The molecule has 0 aliphatic rings. The van der Waals surface area contributed by atoms with E-state index in [1.165, 1.54) is 0 Å². The number of hydrogen-bond acceptors (Lipinski definition) is 0. The first-order chi connectivity index (χ1) is 2.45. The molecule has 0 saturated heterocycles. The van der Waals surface area contributed by atoms with E-state index in [1.807, 2.05) is 0 Å². The van der Waals surface area contributed by atoms with E-state index in [4.69, 9.17) is 0 Å². The zero-order valence-electron chi connectivity index (χ0n) is 3.27. The second-order valence-corrected chi connectivity index (χ2v) is 5.57. The van der Waals surface area contributed by atoms with Gasteiger partial charge in [-0.05, 0) is 0 Å². The maximum absolute atomic E-state index is 11.2. The molecule has 0 radical (unpaired) electrons. The van der Waals surface area contributed by atoms with Gasteiger partial charge >= 0.3 is 61.1 Å². The molecule has 0 heterocycles. The van der Waals surface area contributed by atoms with Crippen molar-refractivity contribution in [3.05, 3.63) is 0 Å². The van der Waals surface area contributed by atoms with Crippen LogP contribution in [0, 0.1) is 0 Å². The summed E-state index contributed by atoms with van der Waals surface area (Å²) in [6.45, 7) is 0. The minimum absolute atomic E-state index is 0. The summed E-state index contributed by atoms with van der Waals surface area (Å²) < 4.78 is 59.5. The third-order valence-corrected chi connectivity index (χ3v) is 0. The Morgan fingerprint density at radius 2 is 0.625 bits per heavy atom. The predicted molar refractivity (Wildman–Crippen MR) is 12.4 cm³/mol. The van der Waals surface area contributed by atoms with E-state index in [9.17, 15) is 21.0 Å². The standard InChI is InChI=1S/F6Ge.Zr/c1-7(2,3,4,5)6;/q-2;+2. The molecule has 0 amide bonds. The number of halogens is 6. The Hall–Kier alpha value is 1.01. The minimum Gasteiger partial charge on any atom is 2.00 e. The van der Waals surface area contributed by atoms with E-state index in [0.29, 0.717) is 0 Å². The smallest absolute Gasteiger partial charge is 2.00 e. The topological polar surface area (TPSA) is 0 Å². The molecule has 0 saturated carbocycles. The third-order valence-electron chi connectivity index (χ3n) is 0. The van der Waals surface area contributed by atoms with Gasteiger partial charge in [0.15, 0.2) is 0 Å². The third kappa shape index (κ3) is 250. The zero-order valence-corrected chi connectivity index (χ0v) is 7.82. The monoisotopic (exact) mass is 278 g/mol. The fourth-order valence-corrected chi connectivity index (χ4v) is 0. The van der Waals surface area contributed by atoms with Crippen LogP contribution in [0.4, 0.5) is 21.0 Å². The Morgan fingerprint density at radius 3 is 0.625 bits per heavy atom. The van der Waals surface area contributed by atoms with Gasteiger partial charge in [-0.25, -0.2) is 0 Å². The molecule has 0 aromatic carbocycles. The van der Waals surface area contributed by atoms with Crippen LogP contribution in [0.3, 0.4) is 0 Å². The Balaban J connectivity index is 0. The molecule has 0 bridgehead atoms. The predicted octanol–water partition coefficient (Wildman–Crippen LogP) is 2.14. The van der Waals surface area contributed by atoms with Crippen molar-refractivity contribution in [2.24, 2.45) is 0 Å². The molecule has 0 N–H and O–H groups in total. The van der Waals surface area contributed by atoms with Crippen molar-refractivity contribution in [2.75, 3.05) is 0 Å². The van der Waals surface area contributed by atoms with Gasteiger partial charge in [0, 0.05) is 0 Å². The fraction of sp³-hybridized carbons (Fsp3) is 0. The molecule has 0 spiro atoms. The molecule has 8 heteroatoms. The van der Waals surface area contributed by atoms with Crippen LogP contribution in [-0.4, -0.2) is 13.9 Å². The first kappa shape index (κ1) is 11.8. The molecule has 50 valence electrons. The molecular formula is F6GeZr. The SMILES string of the molecule is [F][Ge-2]([F])([F])([F])([F])[F].[Zr+2]. The van der Waals surface area contributed by atoms with Gasteiger partial charge in [0.1, 0.15) is 0 Å². The van der Waals surface area contributed by atoms with E-state index in [1.54, 1.807) is 0 Å². The summed E-state index contributed by atoms with van der Waals surface area (Å²) in [4.78, 5) is 0. The van der Waals surface area contributed by atoms with Crippen LogP contribution in [0.1, 0.15) is 0 Å². The first-order valence-corrected chi connectivity index (χ1v) is 5.89. The van der Waals surface area contributed by atoms with Crippen molar-refractivity contribution in [1.82, 2.24) is 0 Å². The molecule has 0 unspecified atom stereocenters. The van der Waals surface area contributed by atoms with E-state index in [2.05, 4.69) is 0 Å². The summed E-state index contributed by atoms with van der Waals surface area (Å²) in [5.41, 5.74) is 0. The van der Waals surface area contributed by atoms with Crippen LogP contribution in [-0.2, 0) is 26.2 Å². The van der Waals surface area contributed by atoms with Gasteiger partial charge in [-0.1, -0.05) is 0 Å². The van der Waals surface area contributed by atoms with Crippen LogP contribution >= 0.6 is 0 Å². The maximum Gasteiger partial charge on any atom is 2.00 e. The van der Waals surface area contributed by atoms with Crippen molar-refractivity contribution >= 4 is 13.9 Å². The number of hydrogen-bond donors (Lipinski definition) is 0. The largest absolute Gasteiger partial charge is 2.00 e. The van der Waals surface area contributed by atoms with E-state index >= 15 is 0 Å². The zero-order chi connectivity index (χ0) is 6.41. The van der Waals surface area contributed by atoms with Crippen molar-refractivity contribution in [3.8, 4) is 0 Å². The van der Waals surface area contributed by atoms with Crippen molar-refractivity contribution < 1.29 is 47.2 Å². The second kappa shape index (κ2) is 1.53. The molecule has 0 fully saturated rings. The number of rotatable bonds is 0. The molecule has 0 aliphatic carbocycles. The van der Waals surface area contributed by atoms with E-state index in [-0.39, 0.29) is 26.2 Å². The van der Waals surface area contributed by atoms with Crippen LogP contribution < -0.4 is 0 Å². The van der Waals surface area contributed by atoms with Gasteiger partial charge < -0.3 is 0 Å². The molecular weight excluding hydrogens is 278 g/mol. The molecule has 0 aromatic rings. The normalized spacial score (nSPS) is 20.2. The quantitative estimate of drug-likeness (QED) is 0.470. The summed E-state index contributed by atoms with van der Waals surface area (Å²) in [6, 6.07) is 0. The van der Waals surface area contributed by atoms with Crippen LogP contribution in [0.2, 0.25) is 0 Å². The van der Waals surface area contributed by atoms with Gasteiger partial charge in [-0.15, -0.1) is 0 Å². The molecule has 0 rings (SSSR count). The van der Waals surface area contributed by atoms with Gasteiger partial charge in [0.25, 0.3) is 0 Å². The summed E-state index contributed by atoms with van der Waals surface area (Å²) in [7, 11) is 0. The maximum atomic E-state index is 9.92. The van der Waals surface area contributed by atoms with Crippen LogP contribution in [0.15, 0.2) is 0 Å². The Labute approximate surface area is 61.2 Å². The Bertz CT molecular complexity index is 67.1. The van der Waals surface area contributed by atoms with Crippen molar-refractivity contribution in [3.63, 3.8) is 0 Å². The summed E-state index contributed by atoms with van der Waals surface area (Å²) in [5.74, 6) is 0. The molecule has 8 heavy (non-hydrogen) atoms. The van der Waals surface area contributed by atoms with Gasteiger partial charge in [-0.2, -0.15) is 0 Å². The minimum atomic E-state index is -11.2. The first-order valence-electron chi connectivity index (χ1n) is 1.13. The Morgan fingerprint density at radius 1 is 0.625 bits per heavy atom. The molecule has 0 aromatic heterocycles. The molecule has 0 atom stereocenters. The van der Waals surface area contributed by atoms with E-state index < -0.39 is 13.9 Å². The van der Waals surface area contributed by atoms with Crippen molar-refractivity contribution in [2.45, 2.75) is 0 Å². The van der Waals surface area contributed by atoms with Crippen LogP contribution in [0.25, 0.3) is 0 Å².